The molecular formula is C14H19NO3. The molecule has 98 valence electrons. The van der Waals surface area contributed by atoms with E-state index < -0.39 is 6.10 Å². The number of amides is 1. The lowest BCUT2D eigenvalue weighted by Gasteiger charge is -2.14. The third kappa shape index (κ3) is 4.20. The summed E-state index contributed by atoms with van der Waals surface area (Å²) in [6.45, 7) is 5.85. The summed E-state index contributed by atoms with van der Waals surface area (Å²) in [6, 6.07) is 6.77. The van der Waals surface area contributed by atoms with E-state index in [4.69, 9.17) is 4.74 Å². The van der Waals surface area contributed by atoms with Crippen LogP contribution in [-0.2, 0) is 4.79 Å². The first-order valence-electron chi connectivity index (χ1n) is 6.10. The van der Waals surface area contributed by atoms with Crippen LogP contribution in [0.15, 0.2) is 24.3 Å². The highest BCUT2D eigenvalue weighted by molar-refractivity contribution is 5.94. The van der Waals surface area contributed by atoms with Crippen LogP contribution >= 0.6 is 0 Å². The van der Waals surface area contributed by atoms with Crippen LogP contribution in [0, 0.1) is 0 Å². The van der Waals surface area contributed by atoms with E-state index in [1.165, 1.54) is 6.92 Å². The second kappa shape index (κ2) is 6.79. The maximum atomic E-state index is 11.6. The summed E-state index contributed by atoms with van der Waals surface area (Å²) in [5, 5.41) is 2.76. The van der Waals surface area contributed by atoms with E-state index in [1.807, 2.05) is 6.92 Å². The van der Waals surface area contributed by atoms with Crippen molar-refractivity contribution in [2.45, 2.75) is 33.3 Å². The zero-order valence-electron chi connectivity index (χ0n) is 11.0. The molecule has 0 aliphatic rings. The summed E-state index contributed by atoms with van der Waals surface area (Å²) >= 11 is 0. The van der Waals surface area contributed by atoms with Crippen LogP contribution in [0.5, 0.6) is 5.75 Å². The monoisotopic (exact) mass is 249 g/mol. The molecule has 0 heterocycles. The molecule has 0 aromatic heterocycles. The van der Waals surface area contributed by atoms with E-state index >= 15 is 0 Å². The van der Waals surface area contributed by atoms with Crippen molar-refractivity contribution in [1.29, 1.82) is 0 Å². The minimum absolute atomic E-state index is 0.00953. The maximum absolute atomic E-state index is 11.6. The Morgan fingerprint density at radius 3 is 2.39 bits per heavy atom. The Morgan fingerprint density at radius 2 is 1.89 bits per heavy atom. The smallest absolute Gasteiger partial charge is 0.260 e. The van der Waals surface area contributed by atoms with E-state index in [9.17, 15) is 9.59 Å². The first-order chi connectivity index (χ1) is 8.54. The molecule has 0 aliphatic heterocycles. The molecule has 1 amide bonds. The van der Waals surface area contributed by atoms with Gasteiger partial charge in [0.2, 0.25) is 0 Å². The molecule has 1 atom stereocenters. The average molecular weight is 249 g/mol. The largest absolute Gasteiger partial charge is 0.481 e. The minimum atomic E-state index is -0.542. The van der Waals surface area contributed by atoms with Crippen molar-refractivity contribution in [1.82, 2.24) is 5.32 Å². The van der Waals surface area contributed by atoms with Gasteiger partial charge in [-0.1, -0.05) is 6.92 Å². The van der Waals surface area contributed by atoms with Gasteiger partial charge in [-0.3, -0.25) is 9.59 Å². The van der Waals surface area contributed by atoms with Gasteiger partial charge in [0.25, 0.3) is 5.91 Å². The van der Waals surface area contributed by atoms with Gasteiger partial charge in [0.1, 0.15) is 5.75 Å². The molecule has 4 heteroatoms. The molecule has 0 fully saturated rings. The first-order valence-corrected chi connectivity index (χ1v) is 6.10. The predicted octanol–water partition coefficient (Wildman–Crippen LogP) is 2.18. The molecule has 1 aromatic rings. The summed E-state index contributed by atoms with van der Waals surface area (Å²) in [4.78, 5) is 22.7. The molecule has 4 nitrogen and oxygen atoms in total. The zero-order chi connectivity index (χ0) is 13.5. The molecule has 1 aromatic carbocycles. The van der Waals surface area contributed by atoms with E-state index in [0.717, 1.165) is 6.42 Å². The molecule has 18 heavy (non-hydrogen) atoms. The van der Waals surface area contributed by atoms with Crippen molar-refractivity contribution >= 4 is 11.7 Å². The number of rotatable bonds is 6. The van der Waals surface area contributed by atoms with Crippen LogP contribution in [0.4, 0.5) is 0 Å². The number of benzene rings is 1. The number of hydrogen-bond acceptors (Lipinski definition) is 3. The van der Waals surface area contributed by atoms with E-state index in [-0.39, 0.29) is 11.7 Å². The number of hydrogen-bond donors (Lipinski definition) is 1. The third-order valence-corrected chi connectivity index (χ3v) is 2.49. The summed E-state index contributed by atoms with van der Waals surface area (Å²) in [5.41, 5.74) is 0.630. The van der Waals surface area contributed by atoms with Gasteiger partial charge >= 0.3 is 0 Å². The summed E-state index contributed by atoms with van der Waals surface area (Å²) in [6.07, 6.45) is 0.353. The van der Waals surface area contributed by atoms with Crippen molar-refractivity contribution in [3.63, 3.8) is 0 Å². The maximum Gasteiger partial charge on any atom is 0.260 e. The topological polar surface area (TPSA) is 55.4 Å². The number of ether oxygens (including phenoxy) is 1. The van der Waals surface area contributed by atoms with Crippen LogP contribution in [-0.4, -0.2) is 24.3 Å². The molecule has 0 aliphatic carbocycles. The van der Waals surface area contributed by atoms with Crippen LogP contribution in [0.1, 0.15) is 37.6 Å². The van der Waals surface area contributed by atoms with Gasteiger partial charge < -0.3 is 10.1 Å². The van der Waals surface area contributed by atoms with Crippen LogP contribution in [0.3, 0.4) is 0 Å². The molecule has 1 unspecified atom stereocenters. The molecule has 0 bridgehead atoms. The predicted molar refractivity (Wildman–Crippen MR) is 69.8 cm³/mol. The van der Waals surface area contributed by atoms with Gasteiger partial charge in [0, 0.05) is 12.1 Å². The highest BCUT2D eigenvalue weighted by Crippen LogP contribution is 2.14. The Bertz CT molecular complexity index is 412. The van der Waals surface area contributed by atoms with Gasteiger partial charge in [-0.05, 0) is 44.5 Å². The Labute approximate surface area is 107 Å². The Hall–Kier alpha value is -1.84. The SMILES string of the molecule is CCCNC(=O)C(C)Oc1ccc(C(C)=O)cc1. The average Bonchev–Trinajstić information content (AvgIpc) is 2.36. The fourth-order valence-corrected chi connectivity index (χ4v) is 1.42. The van der Waals surface area contributed by atoms with Crippen molar-refractivity contribution < 1.29 is 14.3 Å². The van der Waals surface area contributed by atoms with Gasteiger partial charge in [-0.25, -0.2) is 0 Å². The van der Waals surface area contributed by atoms with Crippen LogP contribution in [0.2, 0.25) is 0 Å². The summed E-state index contributed by atoms with van der Waals surface area (Å²) in [5.74, 6) is 0.460. The molecular weight excluding hydrogens is 230 g/mol. The second-order valence-electron chi connectivity index (χ2n) is 4.13. The van der Waals surface area contributed by atoms with Crippen molar-refractivity contribution in [2.24, 2.45) is 0 Å². The van der Waals surface area contributed by atoms with Gasteiger partial charge in [0.05, 0.1) is 0 Å². The first kappa shape index (κ1) is 14.2. The normalized spacial score (nSPS) is 11.7. The molecule has 1 N–H and O–H groups in total. The molecule has 0 spiro atoms. The van der Waals surface area contributed by atoms with E-state index in [2.05, 4.69) is 5.32 Å². The highest BCUT2D eigenvalue weighted by atomic mass is 16.5. The second-order valence-corrected chi connectivity index (χ2v) is 4.13. The molecule has 0 radical (unpaired) electrons. The minimum Gasteiger partial charge on any atom is -0.481 e. The zero-order valence-corrected chi connectivity index (χ0v) is 11.0. The third-order valence-electron chi connectivity index (χ3n) is 2.49. The van der Waals surface area contributed by atoms with Gasteiger partial charge in [-0.15, -0.1) is 0 Å². The molecule has 1 rings (SSSR count). The number of carbonyl (C=O) groups excluding carboxylic acids is 2. The number of carbonyl (C=O) groups is 2. The van der Waals surface area contributed by atoms with Gasteiger partial charge in [0.15, 0.2) is 11.9 Å². The fraction of sp³-hybridized carbons (Fsp3) is 0.429. The standard InChI is InChI=1S/C14H19NO3/c1-4-9-15-14(17)11(3)18-13-7-5-12(6-8-13)10(2)16/h5-8,11H,4,9H2,1-3H3,(H,15,17). The van der Waals surface area contributed by atoms with Crippen molar-refractivity contribution in [3.05, 3.63) is 29.8 Å². The molecule has 0 saturated carbocycles. The fourth-order valence-electron chi connectivity index (χ4n) is 1.42. The van der Waals surface area contributed by atoms with Crippen molar-refractivity contribution in [2.75, 3.05) is 6.54 Å². The van der Waals surface area contributed by atoms with E-state index in [1.54, 1.807) is 31.2 Å². The number of Topliss-reactive ketones (excluding diaryl/α,β-unsaturated/α-hetero) is 1. The van der Waals surface area contributed by atoms with Crippen molar-refractivity contribution in [3.8, 4) is 5.75 Å². The van der Waals surface area contributed by atoms with Gasteiger partial charge in [-0.2, -0.15) is 0 Å². The van der Waals surface area contributed by atoms with E-state index in [0.29, 0.717) is 17.9 Å². The Balaban J connectivity index is 2.56. The Morgan fingerprint density at radius 1 is 1.28 bits per heavy atom. The highest BCUT2D eigenvalue weighted by Gasteiger charge is 2.13. The summed E-state index contributed by atoms with van der Waals surface area (Å²) in [7, 11) is 0. The quantitative estimate of drug-likeness (QED) is 0.786. The number of nitrogens with one attached hydrogen (secondary N) is 1. The Kier molecular flexibility index (Phi) is 5.36. The lowest BCUT2D eigenvalue weighted by Crippen LogP contribution is -2.36. The lowest BCUT2D eigenvalue weighted by atomic mass is 10.1. The number of ketones is 1. The van der Waals surface area contributed by atoms with Crippen LogP contribution in [0.25, 0.3) is 0 Å². The summed E-state index contributed by atoms with van der Waals surface area (Å²) < 4.78 is 5.48. The van der Waals surface area contributed by atoms with Crippen LogP contribution < -0.4 is 10.1 Å². The molecule has 0 saturated heterocycles. The lowest BCUT2D eigenvalue weighted by molar-refractivity contribution is -0.127.